The number of aryl methyl sites for hydroxylation is 1. The maximum atomic E-state index is 4.34. The minimum Gasteiger partial charge on any atom is -0.367 e. The largest absolute Gasteiger partial charge is 0.367 e. The summed E-state index contributed by atoms with van der Waals surface area (Å²) in [4.78, 5) is 4.34. The van der Waals surface area contributed by atoms with Gasteiger partial charge in [0.25, 0.3) is 0 Å². The zero-order valence-corrected chi connectivity index (χ0v) is 9.66. The Labute approximate surface area is 92.1 Å². The minimum absolute atomic E-state index is 0.643. The number of hydrogen-bond acceptors (Lipinski definition) is 2. The van der Waals surface area contributed by atoms with Gasteiger partial charge in [-0.2, -0.15) is 0 Å². The third kappa shape index (κ3) is 2.71. The smallest absolute Gasteiger partial charge is 0.126 e. The first kappa shape index (κ1) is 10.5. The molecule has 0 aliphatic heterocycles. The molecule has 1 aromatic heterocycles. The molecule has 1 N–H and O–H groups in total. The Morgan fingerprint density at radius 1 is 1.47 bits per heavy atom. The molecule has 0 saturated heterocycles. The summed E-state index contributed by atoms with van der Waals surface area (Å²) >= 11 is 0. The van der Waals surface area contributed by atoms with Crippen LogP contribution in [0.4, 0.5) is 5.82 Å². The third-order valence-electron chi connectivity index (χ3n) is 3.39. The SMILES string of the molecule is CCC1CCC(Nc2cc(C)ccn2)C1. The molecule has 2 nitrogen and oxygen atoms in total. The van der Waals surface area contributed by atoms with Gasteiger partial charge < -0.3 is 5.32 Å². The average Bonchev–Trinajstić information content (AvgIpc) is 2.65. The number of rotatable bonds is 3. The minimum atomic E-state index is 0.643. The molecule has 0 radical (unpaired) electrons. The van der Waals surface area contributed by atoms with E-state index in [1.54, 1.807) is 0 Å². The number of pyridine rings is 1. The van der Waals surface area contributed by atoms with E-state index in [1.165, 1.54) is 31.2 Å². The molecule has 1 fully saturated rings. The van der Waals surface area contributed by atoms with Crippen LogP contribution in [0.2, 0.25) is 0 Å². The van der Waals surface area contributed by atoms with Crippen molar-refractivity contribution in [2.24, 2.45) is 5.92 Å². The fraction of sp³-hybridized carbons (Fsp3) is 0.615. The molecule has 0 amide bonds. The van der Waals surface area contributed by atoms with Gasteiger partial charge in [0.05, 0.1) is 0 Å². The van der Waals surface area contributed by atoms with Gasteiger partial charge in [0.2, 0.25) is 0 Å². The molecule has 15 heavy (non-hydrogen) atoms. The quantitative estimate of drug-likeness (QED) is 0.816. The van der Waals surface area contributed by atoms with Crippen molar-refractivity contribution >= 4 is 5.82 Å². The lowest BCUT2D eigenvalue weighted by atomic mass is 10.1. The molecule has 1 heterocycles. The molecule has 0 bridgehead atoms. The molecule has 1 aromatic rings. The van der Waals surface area contributed by atoms with E-state index in [4.69, 9.17) is 0 Å². The van der Waals surface area contributed by atoms with Crippen LogP contribution in [0.1, 0.15) is 38.2 Å². The fourth-order valence-corrected chi connectivity index (χ4v) is 2.40. The molecule has 2 rings (SSSR count). The Hall–Kier alpha value is -1.05. The monoisotopic (exact) mass is 204 g/mol. The van der Waals surface area contributed by atoms with Crippen LogP contribution in [-0.4, -0.2) is 11.0 Å². The molecule has 2 atom stereocenters. The van der Waals surface area contributed by atoms with Crippen molar-refractivity contribution in [1.29, 1.82) is 0 Å². The molecular weight excluding hydrogens is 184 g/mol. The van der Waals surface area contributed by atoms with Gasteiger partial charge in [0.15, 0.2) is 0 Å². The number of nitrogens with zero attached hydrogens (tertiary/aromatic N) is 1. The Morgan fingerprint density at radius 3 is 3.00 bits per heavy atom. The van der Waals surface area contributed by atoms with E-state index in [-0.39, 0.29) is 0 Å². The first-order valence-electron chi connectivity index (χ1n) is 5.97. The second-order valence-corrected chi connectivity index (χ2v) is 4.65. The highest BCUT2D eigenvalue weighted by Gasteiger charge is 2.23. The molecular formula is C13H20N2. The molecule has 82 valence electrons. The van der Waals surface area contributed by atoms with Gasteiger partial charge in [-0.15, -0.1) is 0 Å². The van der Waals surface area contributed by atoms with Gasteiger partial charge in [-0.25, -0.2) is 4.98 Å². The zero-order valence-electron chi connectivity index (χ0n) is 9.66. The predicted molar refractivity (Wildman–Crippen MR) is 64.0 cm³/mol. The van der Waals surface area contributed by atoms with Crippen LogP contribution in [0.25, 0.3) is 0 Å². The van der Waals surface area contributed by atoms with Crippen molar-refractivity contribution in [1.82, 2.24) is 4.98 Å². The third-order valence-corrected chi connectivity index (χ3v) is 3.39. The molecule has 2 heteroatoms. The number of nitrogens with one attached hydrogen (secondary N) is 1. The van der Waals surface area contributed by atoms with E-state index in [0.717, 1.165) is 11.7 Å². The predicted octanol–water partition coefficient (Wildman–Crippen LogP) is 3.38. The van der Waals surface area contributed by atoms with Gasteiger partial charge in [-0.05, 0) is 49.8 Å². The molecule has 1 saturated carbocycles. The van der Waals surface area contributed by atoms with Crippen molar-refractivity contribution in [3.63, 3.8) is 0 Å². The van der Waals surface area contributed by atoms with Crippen LogP contribution in [0, 0.1) is 12.8 Å². The van der Waals surface area contributed by atoms with E-state index in [1.807, 2.05) is 12.3 Å². The van der Waals surface area contributed by atoms with Crippen molar-refractivity contribution in [2.75, 3.05) is 5.32 Å². The van der Waals surface area contributed by atoms with Crippen LogP contribution >= 0.6 is 0 Å². The summed E-state index contributed by atoms with van der Waals surface area (Å²) < 4.78 is 0. The molecule has 0 spiro atoms. The second kappa shape index (κ2) is 4.65. The maximum Gasteiger partial charge on any atom is 0.126 e. The van der Waals surface area contributed by atoms with Crippen LogP contribution < -0.4 is 5.32 Å². The lowest BCUT2D eigenvalue weighted by Crippen LogP contribution is -2.16. The highest BCUT2D eigenvalue weighted by molar-refractivity contribution is 5.38. The summed E-state index contributed by atoms with van der Waals surface area (Å²) in [6, 6.07) is 4.80. The zero-order chi connectivity index (χ0) is 10.7. The number of aromatic nitrogens is 1. The van der Waals surface area contributed by atoms with Gasteiger partial charge >= 0.3 is 0 Å². The van der Waals surface area contributed by atoms with Gasteiger partial charge in [-0.1, -0.05) is 13.3 Å². The molecule has 1 aliphatic rings. The summed E-state index contributed by atoms with van der Waals surface area (Å²) in [5, 5.41) is 3.53. The van der Waals surface area contributed by atoms with E-state index in [9.17, 15) is 0 Å². The highest BCUT2D eigenvalue weighted by atomic mass is 15.0. The molecule has 1 aliphatic carbocycles. The maximum absolute atomic E-state index is 4.34. The Kier molecular flexibility index (Phi) is 3.24. The Morgan fingerprint density at radius 2 is 2.33 bits per heavy atom. The van der Waals surface area contributed by atoms with Crippen LogP contribution in [0.3, 0.4) is 0 Å². The summed E-state index contributed by atoms with van der Waals surface area (Å²) in [6.45, 7) is 4.40. The summed E-state index contributed by atoms with van der Waals surface area (Å²) in [7, 11) is 0. The first-order chi connectivity index (χ1) is 7.28. The molecule has 2 unspecified atom stereocenters. The summed E-state index contributed by atoms with van der Waals surface area (Å²) in [5.41, 5.74) is 1.28. The lowest BCUT2D eigenvalue weighted by Gasteiger charge is -2.13. The van der Waals surface area contributed by atoms with E-state index < -0.39 is 0 Å². The number of hydrogen-bond donors (Lipinski definition) is 1. The Balaban J connectivity index is 1.92. The van der Waals surface area contributed by atoms with Crippen LogP contribution in [0.15, 0.2) is 18.3 Å². The van der Waals surface area contributed by atoms with Crippen molar-refractivity contribution in [2.45, 2.75) is 45.6 Å². The van der Waals surface area contributed by atoms with Gasteiger partial charge in [0.1, 0.15) is 5.82 Å². The topological polar surface area (TPSA) is 24.9 Å². The molecule has 0 aromatic carbocycles. The van der Waals surface area contributed by atoms with Crippen molar-refractivity contribution in [3.05, 3.63) is 23.9 Å². The van der Waals surface area contributed by atoms with Crippen LogP contribution in [0.5, 0.6) is 0 Å². The summed E-state index contributed by atoms with van der Waals surface area (Å²) in [5.74, 6) is 1.96. The van der Waals surface area contributed by atoms with E-state index in [2.05, 4.69) is 30.2 Å². The van der Waals surface area contributed by atoms with E-state index >= 15 is 0 Å². The fourth-order valence-electron chi connectivity index (χ4n) is 2.40. The van der Waals surface area contributed by atoms with Crippen molar-refractivity contribution < 1.29 is 0 Å². The normalized spacial score (nSPS) is 25.5. The lowest BCUT2D eigenvalue weighted by molar-refractivity contribution is 0.524. The Bertz CT molecular complexity index is 322. The number of anilines is 1. The second-order valence-electron chi connectivity index (χ2n) is 4.65. The summed E-state index contributed by atoms with van der Waals surface area (Å²) in [6.07, 6.45) is 7.18. The van der Waals surface area contributed by atoms with Crippen LogP contribution in [-0.2, 0) is 0 Å². The van der Waals surface area contributed by atoms with Gasteiger partial charge in [0, 0.05) is 12.2 Å². The average molecular weight is 204 g/mol. The van der Waals surface area contributed by atoms with Gasteiger partial charge in [-0.3, -0.25) is 0 Å². The van der Waals surface area contributed by atoms with Crippen molar-refractivity contribution in [3.8, 4) is 0 Å². The highest BCUT2D eigenvalue weighted by Crippen LogP contribution is 2.29. The first-order valence-corrected chi connectivity index (χ1v) is 5.97. The van der Waals surface area contributed by atoms with E-state index in [0.29, 0.717) is 6.04 Å². The standard InChI is InChI=1S/C13H20N2/c1-3-11-4-5-12(9-11)15-13-8-10(2)6-7-14-13/h6-8,11-12H,3-5,9H2,1-2H3,(H,14,15).